The molecule has 0 aliphatic carbocycles. The highest BCUT2D eigenvalue weighted by Gasteiger charge is 2.29. The molecule has 2 heterocycles. The lowest BCUT2D eigenvalue weighted by Crippen LogP contribution is -2.83. The van der Waals surface area contributed by atoms with Crippen LogP contribution in [0.15, 0.2) is 60.8 Å². The molecule has 1 aliphatic rings. The van der Waals surface area contributed by atoms with E-state index in [0.717, 1.165) is 24.0 Å². The first-order valence-corrected chi connectivity index (χ1v) is 7.28. The number of fused-ring (bicyclic) bond motifs is 3. The lowest BCUT2D eigenvalue weighted by molar-refractivity contribution is -0.702. The summed E-state index contributed by atoms with van der Waals surface area (Å²) < 4.78 is 29.9. The lowest BCUT2D eigenvalue weighted by atomic mass is 10.0. The molecule has 2 nitrogen and oxygen atoms in total. The van der Waals surface area contributed by atoms with Crippen LogP contribution in [0.5, 0.6) is 0 Å². The molecule has 22 heavy (non-hydrogen) atoms. The number of quaternary nitrogens is 1. The van der Waals surface area contributed by atoms with E-state index >= 15 is 0 Å². The summed E-state index contributed by atoms with van der Waals surface area (Å²) in [5.41, 5.74) is 3.61. The van der Waals surface area contributed by atoms with Crippen LogP contribution in [0.2, 0.25) is 0 Å². The average molecular weight is 297 g/mol. The summed E-state index contributed by atoms with van der Waals surface area (Å²) in [5.74, 6) is -1.56. The molecule has 0 unspecified atom stereocenters. The fourth-order valence-electron chi connectivity index (χ4n) is 3.20. The molecule has 1 atom stereocenters. The Morgan fingerprint density at radius 1 is 0.955 bits per heavy atom. The largest absolute Gasteiger partial charge is 0.331 e. The molecule has 0 saturated heterocycles. The van der Waals surface area contributed by atoms with Gasteiger partial charge in [-0.15, -0.1) is 0 Å². The van der Waals surface area contributed by atoms with Gasteiger partial charge in [0.05, 0.1) is 16.9 Å². The van der Waals surface area contributed by atoms with Crippen molar-refractivity contribution in [2.75, 3.05) is 0 Å². The van der Waals surface area contributed by atoms with Crippen LogP contribution in [0.1, 0.15) is 22.9 Å². The van der Waals surface area contributed by atoms with Crippen molar-refractivity contribution in [2.45, 2.75) is 12.6 Å². The highest BCUT2D eigenvalue weighted by molar-refractivity contribution is 5.45. The summed E-state index contributed by atoms with van der Waals surface area (Å²) in [4.78, 5) is 0. The van der Waals surface area contributed by atoms with Gasteiger partial charge in [-0.05, 0) is 30.3 Å². The minimum Gasteiger partial charge on any atom is -0.331 e. The molecule has 0 fully saturated rings. The standard InChI is InChI=1S/C18H14F2N2/c19-14-7-3-6-13(17(14)20)18-16-9-4-10-22(16)15-8-2-1-5-12(15)11-21-18/h1-10,18,21H,11H2/p+1/t18-/m0/s1. The minimum absolute atomic E-state index is 0.266. The second-order valence-corrected chi connectivity index (χ2v) is 5.49. The van der Waals surface area contributed by atoms with E-state index in [1.54, 1.807) is 12.1 Å². The number of para-hydroxylation sites is 1. The highest BCUT2D eigenvalue weighted by atomic mass is 19.2. The maximum atomic E-state index is 14.2. The molecule has 0 amide bonds. The van der Waals surface area contributed by atoms with Crippen molar-refractivity contribution in [1.29, 1.82) is 0 Å². The molecule has 3 aromatic rings. The average Bonchev–Trinajstić information content (AvgIpc) is 2.96. The fourth-order valence-corrected chi connectivity index (χ4v) is 3.20. The first-order valence-electron chi connectivity index (χ1n) is 7.28. The number of rotatable bonds is 1. The van der Waals surface area contributed by atoms with Gasteiger partial charge in [0.1, 0.15) is 6.54 Å². The van der Waals surface area contributed by atoms with E-state index in [9.17, 15) is 8.78 Å². The van der Waals surface area contributed by atoms with Crippen LogP contribution < -0.4 is 5.32 Å². The van der Waals surface area contributed by atoms with Crippen LogP contribution in [0.4, 0.5) is 8.78 Å². The maximum Gasteiger partial charge on any atom is 0.168 e. The Kier molecular flexibility index (Phi) is 3.05. The third-order valence-corrected chi connectivity index (χ3v) is 4.24. The Balaban J connectivity index is 1.90. The van der Waals surface area contributed by atoms with Gasteiger partial charge in [-0.25, -0.2) is 8.78 Å². The molecule has 0 radical (unpaired) electrons. The van der Waals surface area contributed by atoms with E-state index in [-0.39, 0.29) is 6.04 Å². The number of nitrogens with two attached hydrogens (primary N) is 1. The van der Waals surface area contributed by atoms with Crippen molar-refractivity contribution in [1.82, 2.24) is 4.57 Å². The minimum atomic E-state index is -0.800. The number of hydrogen-bond donors (Lipinski definition) is 1. The summed E-state index contributed by atoms with van der Waals surface area (Å²) >= 11 is 0. The SMILES string of the molecule is Fc1cccc([C@@H]2[NH2+]Cc3ccccc3-n3cccc32)c1F. The maximum absolute atomic E-state index is 14.2. The van der Waals surface area contributed by atoms with Crippen molar-refractivity contribution in [2.24, 2.45) is 0 Å². The molecular formula is C18H15F2N2+. The van der Waals surface area contributed by atoms with Crippen LogP contribution in [0, 0.1) is 11.6 Å². The van der Waals surface area contributed by atoms with Crippen LogP contribution in [-0.2, 0) is 6.54 Å². The Hall–Kier alpha value is -2.46. The predicted octanol–water partition coefficient (Wildman–Crippen LogP) is 2.92. The third-order valence-electron chi connectivity index (χ3n) is 4.24. The fraction of sp³-hybridized carbons (Fsp3) is 0.111. The van der Waals surface area contributed by atoms with Gasteiger partial charge in [-0.3, -0.25) is 0 Å². The van der Waals surface area contributed by atoms with Gasteiger partial charge in [-0.2, -0.15) is 0 Å². The summed E-state index contributed by atoms with van der Waals surface area (Å²) in [6.45, 7) is 0.721. The molecular weight excluding hydrogens is 282 g/mol. The Morgan fingerprint density at radius 3 is 2.73 bits per heavy atom. The molecule has 110 valence electrons. The van der Waals surface area contributed by atoms with Gasteiger partial charge in [0.15, 0.2) is 17.7 Å². The first kappa shape index (κ1) is 13.2. The van der Waals surface area contributed by atoms with E-state index in [1.807, 2.05) is 30.5 Å². The number of hydrogen-bond acceptors (Lipinski definition) is 0. The molecule has 0 saturated carbocycles. The monoisotopic (exact) mass is 297 g/mol. The zero-order valence-corrected chi connectivity index (χ0v) is 11.8. The smallest absolute Gasteiger partial charge is 0.168 e. The van der Waals surface area contributed by atoms with Crippen LogP contribution in [0.25, 0.3) is 5.69 Å². The van der Waals surface area contributed by atoms with Gasteiger partial charge >= 0.3 is 0 Å². The predicted molar refractivity (Wildman–Crippen MR) is 79.6 cm³/mol. The lowest BCUT2D eigenvalue weighted by Gasteiger charge is -2.15. The Bertz CT molecular complexity index is 839. The van der Waals surface area contributed by atoms with Crippen molar-refractivity contribution < 1.29 is 14.1 Å². The Labute approximate surface area is 127 Å². The molecule has 1 aromatic heterocycles. The molecule has 2 aromatic carbocycles. The van der Waals surface area contributed by atoms with Crippen molar-refractivity contribution in [3.63, 3.8) is 0 Å². The zero-order chi connectivity index (χ0) is 15.1. The van der Waals surface area contributed by atoms with E-state index < -0.39 is 11.6 Å². The first-order chi connectivity index (χ1) is 10.8. The normalized spacial score (nSPS) is 16.7. The second-order valence-electron chi connectivity index (χ2n) is 5.49. The van der Waals surface area contributed by atoms with Crippen molar-refractivity contribution in [3.8, 4) is 5.69 Å². The van der Waals surface area contributed by atoms with E-state index in [1.165, 1.54) is 5.56 Å². The Morgan fingerprint density at radius 2 is 1.82 bits per heavy atom. The van der Waals surface area contributed by atoms with Gasteiger partial charge < -0.3 is 9.88 Å². The second kappa shape index (κ2) is 5.07. The van der Waals surface area contributed by atoms with Crippen LogP contribution in [0.3, 0.4) is 0 Å². The number of aromatic nitrogens is 1. The van der Waals surface area contributed by atoms with Gasteiger partial charge in [0.25, 0.3) is 0 Å². The quantitative estimate of drug-likeness (QED) is 0.713. The zero-order valence-electron chi connectivity index (χ0n) is 11.8. The third kappa shape index (κ3) is 1.96. The molecule has 1 aliphatic heterocycles. The van der Waals surface area contributed by atoms with Crippen LogP contribution in [-0.4, -0.2) is 4.57 Å². The van der Waals surface area contributed by atoms with Crippen molar-refractivity contribution >= 4 is 0 Å². The van der Waals surface area contributed by atoms with Crippen molar-refractivity contribution in [3.05, 3.63) is 89.2 Å². The molecule has 2 N–H and O–H groups in total. The molecule has 0 bridgehead atoms. The van der Waals surface area contributed by atoms with Gasteiger partial charge in [0.2, 0.25) is 0 Å². The summed E-state index contributed by atoms with van der Waals surface area (Å²) in [6.07, 6.45) is 1.97. The summed E-state index contributed by atoms with van der Waals surface area (Å²) in [6, 6.07) is 16.1. The van der Waals surface area contributed by atoms with Gasteiger partial charge in [-0.1, -0.05) is 24.3 Å². The number of halogens is 2. The topological polar surface area (TPSA) is 21.5 Å². The van der Waals surface area contributed by atoms with E-state index in [4.69, 9.17) is 0 Å². The number of nitrogens with zero attached hydrogens (tertiary/aromatic N) is 1. The molecule has 4 heteroatoms. The molecule has 0 spiro atoms. The van der Waals surface area contributed by atoms with E-state index in [2.05, 4.69) is 22.0 Å². The van der Waals surface area contributed by atoms with Crippen LogP contribution >= 0.6 is 0 Å². The molecule has 4 rings (SSSR count). The summed E-state index contributed by atoms with van der Waals surface area (Å²) in [5, 5.41) is 2.05. The highest BCUT2D eigenvalue weighted by Crippen LogP contribution is 2.28. The summed E-state index contributed by atoms with van der Waals surface area (Å²) in [7, 11) is 0. The van der Waals surface area contributed by atoms with Gasteiger partial charge in [0, 0.05) is 11.8 Å². The van der Waals surface area contributed by atoms with E-state index in [0.29, 0.717) is 5.56 Å². The number of benzene rings is 2.